The van der Waals surface area contributed by atoms with Gasteiger partial charge in [0.1, 0.15) is 11.5 Å². The van der Waals surface area contributed by atoms with Crippen molar-refractivity contribution in [3.8, 4) is 22.8 Å². The number of hydrogen-bond acceptors (Lipinski definition) is 6. The maximum atomic E-state index is 13.4. The Balaban J connectivity index is 1.63. The van der Waals surface area contributed by atoms with Crippen LogP contribution in [0, 0.1) is 5.92 Å². The molecule has 0 bridgehead atoms. The number of benzene rings is 1. The number of aromatic nitrogens is 1. The zero-order valence-electron chi connectivity index (χ0n) is 17.8. The Labute approximate surface area is 182 Å². The van der Waals surface area contributed by atoms with E-state index in [1.54, 1.807) is 14.2 Å². The number of rotatable bonds is 7. The van der Waals surface area contributed by atoms with Gasteiger partial charge >= 0.3 is 0 Å². The molecule has 0 radical (unpaired) electrons. The maximum Gasteiger partial charge on any atom is 0.231 e. The van der Waals surface area contributed by atoms with Crippen LogP contribution in [0.15, 0.2) is 23.6 Å². The zero-order valence-corrected chi connectivity index (χ0v) is 18.6. The van der Waals surface area contributed by atoms with Crippen LogP contribution in [-0.4, -0.2) is 44.4 Å². The van der Waals surface area contributed by atoms with Gasteiger partial charge in [-0.15, -0.1) is 11.3 Å². The van der Waals surface area contributed by atoms with Crippen molar-refractivity contribution in [2.24, 2.45) is 5.92 Å². The van der Waals surface area contributed by atoms with Crippen molar-refractivity contribution in [3.63, 3.8) is 0 Å². The van der Waals surface area contributed by atoms with Crippen LogP contribution in [0.1, 0.15) is 44.9 Å². The van der Waals surface area contributed by atoms with E-state index in [1.165, 1.54) is 17.8 Å². The van der Waals surface area contributed by atoms with Gasteiger partial charge in [-0.2, -0.15) is 0 Å². The topological polar surface area (TPSA) is 60.9 Å². The molecule has 4 rings (SSSR count). The van der Waals surface area contributed by atoms with Gasteiger partial charge in [-0.1, -0.05) is 19.3 Å². The standard InChI is InChI=1S/C23H30N2O4S/c1-27-17-10-11-21(28-2)19(13-17)20-15-30-23(24-20)25(14-18-9-6-12-29-18)22(26)16-7-4-3-5-8-16/h10-11,13,15-16,18H,3-9,12,14H2,1-2H3/t18-/m0/s1. The van der Waals surface area contributed by atoms with Gasteiger partial charge in [-0.25, -0.2) is 4.98 Å². The molecule has 6 nitrogen and oxygen atoms in total. The highest BCUT2D eigenvalue weighted by molar-refractivity contribution is 7.14. The van der Waals surface area contributed by atoms with Crippen LogP contribution in [0.5, 0.6) is 11.5 Å². The van der Waals surface area contributed by atoms with E-state index >= 15 is 0 Å². The van der Waals surface area contributed by atoms with E-state index in [-0.39, 0.29) is 17.9 Å². The van der Waals surface area contributed by atoms with E-state index in [0.717, 1.165) is 73.0 Å². The minimum atomic E-state index is 0.0937. The van der Waals surface area contributed by atoms with Crippen molar-refractivity contribution in [3.05, 3.63) is 23.6 Å². The fourth-order valence-electron chi connectivity index (χ4n) is 4.35. The average Bonchev–Trinajstić information content (AvgIpc) is 3.49. The van der Waals surface area contributed by atoms with Crippen molar-refractivity contribution in [2.75, 3.05) is 32.3 Å². The first-order valence-electron chi connectivity index (χ1n) is 10.8. The smallest absolute Gasteiger partial charge is 0.231 e. The number of thiazole rings is 1. The number of amides is 1. The molecule has 2 heterocycles. The molecule has 1 saturated heterocycles. The number of hydrogen-bond donors (Lipinski definition) is 0. The molecule has 30 heavy (non-hydrogen) atoms. The summed E-state index contributed by atoms with van der Waals surface area (Å²) in [5, 5.41) is 2.73. The molecule has 2 fully saturated rings. The molecule has 0 unspecified atom stereocenters. The quantitative estimate of drug-likeness (QED) is 0.624. The Hall–Kier alpha value is -2.12. The summed E-state index contributed by atoms with van der Waals surface area (Å²) in [6.45, 7) is 1.36. The molecule has 1 amide bonds. The van der Waals surface area contributed by atoms with Gasteiger partial charge in [-0.3, -0.25) is 9.69 Å². The number of ether oxygens (including phenoxy) is 3. The van der Waals surface area contributed by atoms with Crippen molar-refractivity contribution in [1.82, 2.24) is 4.98 Å². The second kappa shape index (κ2) is 9.79. The first-order chi connectivity index (χ1) is 14.7. The van der Waals surface area contributed by atoms with Gasteiger partial charge in [0.25, 0.3) is 0 Å². The third kappa shape index (κ3) is 4.62. The predicted octanol–water partition coefficient (Wildman–Crippen LogP) is 4.92. The summed E-state index contributed by atoms with van der Waals surface area (Å²) in [6.07, 6.45) is 7.59. The van der Waals surface area contributed by atoms with Crippen molar-refractivity contribution >= 4 is 22.4 Å². The van der Waals surface area contributed by atoms with Crippen molar-refractivity contribution in [1.29, 1.82) is 0 Å². The van der Waals surface area contributed by atoms with Crippen LogP contribution < -0.4 is 14.4 Å². The number of anilines is 1. The molecule has 0 N–H and O–H groups in total. The first kappa shape index (κ1) is 21.1. The zero-order chi connectivity index (χ0) is 20.9. The Kier molecular flexibility index (Phi) is 6.89. The number of carbonyl (C=O) groups excluding carboxylic acids is 1. The second-order valence-corrected chi connectivity index (χ2v) is 8.84. The Morgan fingerprint density at radius 1 is 1.17 bits per heavy atom. The molecular formula is C23H30N2O4S. The number of methoxy groups -OCH3 is 2. The highest BCUT2D eigenvalue weighted by atomic mass is 32.1. The van der Waals surface area contributed by atoms with Crippen molar-refractivity contribution in [2.45, 2.75) is 51.0 Å². The summed E-state index contributed by atoms with van der Waals surface area (Å²) < 4.78 is 16.8. The number of nitrogens with zero attached hydrogens (tertiary/aromatic N) is 2. The number of carbonyl (C=O) groups is 1. The highest BCUT2D eigenvalue weighted by Crippen LogP contribution is 2.37. The largest absolute Gasteiger partial charge is 0.497 e. The molecule has 2 aromatic rings. The molecule has 0 spiro atoms. The molecule has 2 aliphatic rings. The third-order valence-electron chi connectivity index (χ3n) is 6.04. The lowest BCUT2D eigenvalue weighted by Crippen LogP contribution is -2.41. The Bertz CT molecular complexity index is 857. The lowest BCUT2D eigenvalue weighted by atomic mass is 9.88. The SMILES string of the molecule is COc1ccc(OC)c(-c2csc(N(C[C@@H]3CCCO3)C(=O)C3CCCCC3)n2)c1. The van der Waals surface area contributed by atoms with E-state index in [9.17, 15) is 4.79 Å². The summed E-state index contributed by atoms with van der Waals surface area (Å²) in [5.41, 5.74) is 1.65. The molecule has 1 aromatic carbocycles. The lowest BCUT2D eigenvalue weighted by Gasteiger charge is -2.29. The molecule has 1 aliphatic carbocycles. The third-order valence-corrected chi connectivity index (χ3v) is 6.90. The molecule has 1 atom stereocenters. The fourth-order valence-corrected chi connectivity index (χ4v) is 5.19. The molecule has 1 aliphatic heterocycles. The summed E-state index contributed by atoms with van der Waals surface area (Å²) in [5.74, 6) is 1.77. The van der Waals surface area contributed by atoms with E-state index < -0.39 is 0 Å². The lowest BCUT2D eigenvalue weighted by molar-refractivity contribution is -0.123. The first-order valence-corrected chi connectivity index (χ1v) is 11.7. The molecule has 1 aromatic heterocycles. The van der Waals surface area contributed by atoms with Gasteiger partial charge < -0.3 is 14.2 Å². The Morgan fingerprint density at radius 2 is 2.00 bits per heavy atom. The average molecular weight is 431 g/mol. The summed E-state index contributed by atoms with van der Waals surface area (Å²) in [6, 6.07) is 5.67. The van der Waals surface area contributed by atoms with Gasteiger partial charge in [0.2, 0.25) is 5.91 Å². The summed E-state index contributed by atoms with van der Waals surface area (Å²) in [4.78, 5) is 20.2. The molecule has 1 saturated carbocycles. The van der Waals surface area contributed by atoms with Crippen LogP contribution >= 0.6 is 11.3 Å². The van der Waals surface area contributed by atoms with Gasteiger partial charge in [0, 0.05) is 23.5 Å². The molecule has 162 valence electrons. The van der Waals surface area contributed by atoms with Gasteiger partial charge in [0.15, 0.2) is 5.13 Å². The minimum Gasteiger partial charge on any atom is -0.497 e. The van der Waals surface area contributed by atoms with Crippen LogP contribution in [0.2, 0.25) is 0 Å². The predicted molar refractivity (Wildman–Crippen MR) is 119 cm³/mol. The highest BCUT2D eigenvalue weighted by Gasteiger charge is 2.31. The van der Waals surface area contributed by atoms with Crippen LogP contribution in [0.3, 0.4) is 0 Å². The molecular weight excluding hydrogens is 400 g/mol. The van der Waals surface area contributed by atoms with Crippen LogP contribution in [0.4, 0.5) is 5.13 Å². The van der Waals surface area contributed by atoms with E-state index in [1.807, 2.05) is 28.5 Å². The normalized spacial score (nSPS) is 19.6. The van der Waals surface area contributed by atoms with E-state index in [2.05, 4.69) is 0 Å². The van der Waals surface area contributed by atoms with Gasteiger partial charge in [-0.05, 0) is 43.9 Å². The van der Waals surface area contributed by atoms with Crippen molar-refractivity contribution < 1.29 is 19.0 Å². The summed E-state index contributed by atoms with van der Waals surface area (Å²) >= 11 is 1.50. The minimum absolute atomic E-state index is 0.0937. The van der Waals surface area contributed by atoms with Gasteiger partial charge in [0.05, 0.1) is 32.6 Å². The molecule has 7 heteroatoms. The van der Waals surface area contributed by atoms with Crippen LogP contribution in [-0.2, 0) is 9.53 Å². The maximum absolute atomic E-state index is 13.4. The van der Waals surface area contributed by atoms with E-state index in [4.69, 9.17) is 19.2 Å². The summed E-state index contributed by atoms with van der Waals surface area (Å²) in [7, 11) is 3.29. The fraction of sp³-hybridized carbons (Fsp3) is 0.565. The van der Waals surface area contributed by atoms with Crippen LogP contribution in [0.25, 0.3) is 11.3 Å². The van der Waals surface area contributed by atoms with E-state index in [0.29, 0.717) is 6.54 Å². The second-order valence-electron chi connectivity index (χ2n) is 8.00. The monoisotopic (exact) mass is 430 g/mol. The Morgan fingerprint density at radius 3 is 2.70 bits per heavy atom.